The van der Waals surface area contributed by atoms with E-state index < -0.39 is 18.0 Å². The van der Waals surface area contributed by atoms with Crippen molar-refractivity contribution in [3.8, 4) is 0 Å². The van der Waals surface area contributed by atoms with Crippen LogP contribution in [0.5, 0.6) is 0 Å². The van der Waals surface area contributed by atoms with Crippen LogP contribution in [0.2, 0.25) is 0 Å². The van der Waals surface area contributed by atoms with Crippen LogP contribution >= 0.6 is 0 Å². The fourth-order valence-corrected chi connectivity index (χ4v) is 2.29. The van der Waals surface area contributed by atoms with Crippen molar-refractivity contribution in [3.05, 3.63) is 29.6 Å². The predicted octanol–water partition coefficient (Wildman–Crippen LogP) is 0.830. The summed E-state index contributed by atoms with van der Waals surface area (Å²) < 4.78 is 19.5. The normalized spacial score (nSPS) is 20.6. The third-order valence-electron chi connectivity index (χ3n) is 3.44. The lowest BCUT2D eigenvalue weighted by Crippen LogP contribution is -2.53. The zero-order valence-electron chi connectivity index (χ0n) is 11.6. The molecule has 0 aliphatic carbocycles. The fraction of sp³-hybridized carbons (Fsp3) is 0.500. The third-order valence-corrected chi connectivity index (χ3v) is 3.44. The van der Waals surface area contributed by atoms with Gasteiger partial charge in [0, 0.05) is 13.6 Å². The lowest BCUT2D eigenvalue weighted by molar-refractivity contribution is -0.124. The molecule has 2 rings (SSSR count). The molecule has 1 aliphatic rings. The van der Waals surface area contributed by atoms with Crippen LogP contribution in [0.3, 0.4) is 0 Å². The highest BCUT2D eigenvalue weighted by Gasteiger charge is 2.30. The average molecular weight is 282 g/mol. The van der Waals surface area contributed by atoms with Crippen molar-refractivity contribution in [1.29, 1.82) is 0 Å². The number of rotatable bonds is 3. The first-order valence-corrected chi connectivity index (χ1v) is 6.58. The minimum Gasteiger partial charge on any atom is -0.389 e. The lowest BCUT2D eigenvalue weighted by atomic mass is 10.1. The molecule has 0 radical (unpaired) electrons. The molecular formula is C14H19FN2O3. The number of benzene rings is 1. The van der Waals surface area contributed by atoms with Gasteiger partial charge in [-0.25, -0.2) is 4.39 Å². The van der Waals surface area contributed by atoms with Crippen molar-refractivity contribution in [3.63, 3.8) is 0 Å². The van der Waals surface area contributed by atoms with Crippen LogP contribution in [-0.4, -0.2) is 43.9 Å². The summed E-state index contributed by atoms with van der Waals surface area (Å²) in [6.07, 6.45) is -0.724. The highest BCUT2D eigenvalue weighted by atomic mass is 19.1. The molecule has 0 bridgehead atoms. The first kappa shape index (κ1) is 14.7. The van der Waals surface area contributed by atoms with Crippen molar-refractivity contribution in [1.82, 2.24) is 5.32 Å². The summed E-state index contributed by atoms with van der Waals surface area (Å²) >= 11 is 0. The predicted molar refractivity (Wildman–Crippen MR) is 73.1 cm³/mol. The third kappa shape index (κ3) is 2.91. The van der Waals surface area contributed by atoms with Gasteiger partial charge in [0.05, 0.1) is 25.0 Å². The summed E-state index contributed by atoms with van der Waals surface area (Å²) in [6, 6.07) is 4.02. The molecule has 1 heterocycles. The number of ether oxygens (including phenoxy) is 1. The Morgan fingerprint density at radius 3 is 2.95 bits per heavy atom. The van der Waals surface area contributed by atoms with E-state index in [4.69, 9.17) is 4.74 Å². The Morgan fingerprint density at radius 1 is 1.60 bits per heavy atom. The molecule has 0 aromatic heterocycles. The molecular weight excluding hydrogens is 263 g/mol. The summed E-state index contributed by atoms with van der Waals surface area (Å²) in [4.78, 5) is 13.5. The van der Waals surface area contributed by atoms with Crippen LogP contribution in [0.25, 0.3) is 0 Å². The monoisotopic (exact) mass is 282 g/mol. The van der Waals surface area contributed by atoms with E-state index in [1.165, 1.54) is 6.07 Å². The molecule has 0 saturated carbocycles. The number of carbonyl (C=O) groups excluding carboxylic acids is 1. The molecule has 0 spiro atoms. The largest absolute Gasteiger partial charge is 0.389 e. The van der Waals surface area contributed by atoms with Crippen LogP contribution < -0.4 is 10.2 Å². The molecule has 1 unspecified atom stereocenters. The second-order valence-electron chi connectivity index (χ2n) is 4.79. The molecule has 2 atom stereocenters. The number of carbonyl (C=O) groups is 1. The van der Waals surface area contributed by atoms with Crippen LogP contribution in [0, 0.1) is 5.82 Å². The van der Waals surface area contributed by atoms with Crippen molar-refractivity contribution < 1.29 is 19.0 Å². The molecule has 1 aliphatic heterocycles. The number of likely N-dealkylation sites (N-methyl/N-ethyl adjacent to an activating group) is 1. The first-order chi connectivity index (χ1) is 9.54. The second-order valence-corrected chi connectivity index (χ2v) is 4.79. The number of halogens is 1. The Bertz CT molecular complexity index is 493. The van der Waals surface area contributed by atoms with Crippen molar-refractivity contribution in [2.75, 3.05) is 31.7 Å². The summed E-state index contributed by atoms with van der Waals surface area (Å²) in [5.74, 6) is -0.650. The summed E-state index contributed by atoms with van der Waals surface area (Å²) in [5.41, 5.74) is 0.863. The summed E-state index contributed by atoms with van der Waals surface area (Å²) in [6.45, 7) is 2.71. The van der Waals surface area contributed by atoms with Gasteiger partial charge in [-0.15, -0.1) is 0 Å². The van der Waals surface area contributed by atoms with Crippen LogP contribution in [0.15, 0.2) is 18.2 Å². The molecule has 1 amide bonds. The molecule has 1 aromatic rings. The fourth-order valence-electron chi connectivity index (χ4n) is 2.29. The maximum atomic E-state index is 14.2. The Balaban J connectivity index is 2.30. The van der Waals surface area contributed by atoms with Crippen LogP contribution in [0.4, 0.5) is 10.1 Å². The maximum Gasteiger partial charge on any atom is 0.244 e. The van der Waals surface area contributed by atoms with Gasteiger partial charge in [-0.05, 0) is 24.6 Å². The summed E-state index contributed by atoms with van der Waals surface area (Å²) in [5, 5.41) is 12.0. The first-order valence-electron chi connectivity index (χ1n) is 6.58. The molecule has 2 N–H and O–H groups in total. The standard InChI is InChI=1S/C14H19FN2O3/c1-9(18)10-3-4-12(11(15)7-10)17-5-6-20-8-13(17)14(19)16-2/h3-4,7,9,13,18H,5-6,8H2,1-2H3,(H,16,19)/t9-,13?/m1/s1. The minimum atomic E-state index is -0.724. The Hall–Kier alpha value is -1.66. The van der Waals surface area contributed by atoms with Gasteiger partial charge in [-0.2, -0.15) is 0 Å². The van der Waals surface area contributed by atoms with Crippen molar-refractivity contribution in [2.24, 2.45) is 0 Å². The number of nitrogens with one attached hydrogen (secondary N) is 1. The van der Waals surface area contributed by atoms with E-state index >= 15 is 0 Å². The molecule has 110 valence electrons. The number of anilines is 1. The Morgan fingerprint density at radius 2 is 2.35 bits per heavy atom. The van der Waals surface area contributed by atoms with E-state index in [1.54, 1.807) is 31.0 Å². The summed E-state index contributed by atoms with van der Waals surface area (Å²) in [7, 11) is 1.54. The number of amides is 1. The van der Waals surface area contributed by atoms with E-state index in [0.717, 1.165) is 0 Å². The molecule has 6 heteroatoms. The molecule has 5 nitrogen and oxygen atoms in total. The zero-order chi connectivity index (χ0) is 14.7. The lowest BCUT2D eigenvalue weighted by Gasteiger charge is -2.36. The van der Waals surface area contributed by atoms with Gasteiger partial charge in [0.1, 0.15) is 11.9 Å². The van der Waals surface area contributed by atoms with Gasteiger partial charge in [0.2, 0.25) is 5.91 Å². The number of aliphatic hydroxyl groups excluding tert-OH is 1. The molecule has 1 aromatic carbocycles. The minimum absolute atomic E-state index is 0.205. The Kier molecular flexibility index (Phi) is 4.57. The number of hydrogen-bond acceptors (Lipinski definition) is 4. The van der Waals surface area contributed by atoms with E-state index in [1.807, 2.05) is 0 Å². The Labute approximate surface area is 117 Å². The van der Waals surface area contributed by atoms with Crippen molar-refractivity contribution >= 4 is 11.6 Å². The molecule has 20 heavy (non-hydrogen) atoms. The van der Waals surface area contributed by atoms with Crippen LogP contribution in [0.1, 0.15) is 18.6 Å². The number of nitrogens with zero attached hydrogens (tertiary/aromatic N) is 1. The van der Waals surface area contributed by atoms with Gasteiger partial charge in [0.25, 0.3) is 0 Å². The van der Waals surface area contributed by atoms with Gasteiger partial charge >= 0.3 is 0 Å². The van der Waals surface area contributed by atoms with E-state index in [-0.39, 0.29) is 12.5 Å². The van der Waals surface area contributed by atoms with E-state index in [9.17, 15) is 14.3 Å². The smallest absolute Gasteiger partial charge is 0.244 e. The quantitative estimate of drug-likeness (QED) is 0.862. The highest BCUT2D eigenvalue weighted by molar-refractivity contribution is 5.85. The van der Waals surface area contributed by atoms with Gasteiger partial charge in [-0.1, -0.05) is 6.07 Å². The van der Waals surface area contributed by atoms with Gasteiger partial charge in [0.15, 0.2) is 0 Å². The maximum absolute atomic E-state index is 14.2. The zero-order valence-corrected chi connectivity index (χ0v) is 11.6. The SMILES string of the molecule is CNC(=O)C1COCCN1c1ccc([C@@H](C)O)cc1F. The van der Waals surface area contributed by atoms with Gasteiger partial charge in [-0.3, -0.25) is 4.79 Å². The number of hydrogen-bond donors (Lipinski definition) is 2. The van der Waals surface area contributed by atoms with Crippen molar-refractivity contribution in [2.45, 2.75) is 19.1 Å². The van der Waals surface area contributed by atoms with Gasteiger partial charge < -0.3 is 20.1 Å². The molecule has 1 fully saturated rings. The van der Waals surface area contributed by atoms with E-state index in [2.05, 4.69) is 5.32 Å². The number of morpholine rings is 1. The number of aliphatic hydroxyl groups is 1. The average Bonchev–Trinajstić information content (AvgIpc) is 2.46. The molecule has 1 saturated heterocycles. The topological polar surface area (TPSA) is 61.8 Å². The van der Waals surface area contributed by atoms with E-state index in [0.29, 0.717) is 24.4 Å². The second kappa shape index (κ2) is 6.19. The van der Waals surface area contributed by atoms with Crippen LogP contribution in [-0.2, 0) is 9.53 Å². The highest BCUT2D eigenvalue weighted by Crippen LogP contribution is 2.26.